The number of aromatic nitrogens is 2. The van der Waals surface area contributed by atoms with E-state index in [2.05, 4.69) is 10.4 Å². The summed E-state index contributed by atoms with van der Waals surface area (Å²) in [7, 11) is 0. The Balaban J connectivity index is 2.96. The first kappa shape index (κ1) is 17.5. The molecule has 0 atom stereocenters. The second-order valence-corrected chi connectivity index (χ2v) is 4.83. The van der Waals surface area contributed by atoms with E-state index in [4.69, 9.17) is 0 Å². The van der Waals surface area contributed by atoms with Crippen molar-refractivity contribution in [3.05, 3.63) is 17.5 Å². The number of hydrogen-bond acceptors (Lipinski definition) is 3. The van der Waals surface area contributed by atoms with Crippen LogP contribution in [0.25, 0.3) is 0 Å². The summed E-state index contributed by atoms with van der Waals surface area (Å²) in [6.07, 6.45) is -2.97. The minimum Gasteiger partial charge on any atom is -0.388 e. The molecule has 1 aromatic heterocycles. The van der Waals surface area contributed by atoms with Crippen LogP contribution in [0.1, 0.15) is 49.7 Å². The minimum absolute atomic E-state index is 0.00990. The summed E-state index contributed by atoms with van der Waals surface area (Å²) in [4.78, 5) is 11.9. The molecule has 0 unspecified atom stereocenters. The topological polar surface area (TPSA) is 67.2 Å². The van der Waals surface area contributed by atoms with E-state index < -0.39 is 28.9 Å². The van der Waals surface area contributed by atoms with Crippen LogP contribution in [0.5, 0.6) is 0 Å². The van der Waals surface area contributed by atoms with Gasteiger partial charge in [-0.2, -0.15) is 18.3 Å². The molecule has 0 aliphatic heterocycles. The highest BCUT2D eigenvalue weighted by molar-refractivity contribution is 5.95. The van der Waals surface area contributed by atoms with Crippen molar-refractivity contribution in [3.8, 4) is 0 Å². The first-order valence-corrected chi connectivity index (χ1v) is 6.82. The number of amides is 1. The summed E-state index contributed by atoms with van der Waals surface area (Å²) < 4.78 is 39.8. The van der Waals surface area contributed by atoms with E-state index in [1.165, 1.54) is 6.92 Å². The van der Waals surface area contributed by atoms with Gasteiger partial charge in [0, 0.05) is 13.1 Å². The Labute approximate surface area is 121 Å². The number of alkyl halides is 3. The van der Waals surface area contributed by atoms with Gasteiger partial charge in [0.25, 0.3) is 5.91 Å². The standard InChI is InChI=1S/C13H20F3N3O2/c1-4-12(21,5-2)8-17-11(20)9-7-18-19(6-3)10(9)13(14,15)16/h7,21H,4-6,8H2,1-3H3,(H,17,20). The van der Waals surface area contributed by atoms with Crippen molar-refractivity contribution in [1.29, 1.82) is 0 Å². The van der Waals surface area contributed by atoms with E-state index in [1.807, 2.05) is 0 Å². The lowest BCUT2D eigenvalue weighted by Gasteiger charge is -2.25. The van der Waals surface area contributed by atoms with Gasteiger partial charge in [-0.05, 0) is 19.8 Å². The van der Waals surface area contributed by atoms with Gasteiger partial charge >= 0.3 is 6.18 Å². The Morgan fingerprint density at radius 2 is 1.90 bits per heavy atom. The number of rotatable bonds is 6. The van der Waals surface area contributed by atoms with Crippen molar-refractivity contribution < 1.29 is 23.1 Å². The number of nitrogens with one attached hydrogen (secondary N) is 1. The molecule has 0 radical (unpaired) electrons. The number of aryl methyl sites for hydroxylation is 1. The zero-order valence-corrected chi connectivity index (χ0v) is 12.3. The molecule has 1 aromatic rings. The summed E-state index contributed by atoms with van der Waals surface area (Å²) in [5, 5.41) is 16.0. The summed E-state index contributed by atoms with van der Waals surface area (Å²) in [5.74, 6) is -0.887. The molecule has 0 saturated carbocycles. The van der Waals surface area contributed by atoms with Gasteiger partial charge in [-0.15, -0.1) is 0 Å². The summed E-state index contributed by atoms with van der Waals surface area (Å²) >= 11 is 0. The molecule has 2 N–H and O–H groups in total. The van der Waals surface area contributed by atoms with Crippen molar-refractivity contribution in [3.63, 3.8) is 0 Å². The first-order valence-electron chi connectivity index (χ1n) is 6.82. The molecule has 0 aliphatic carbocycles. The molecule has 1 rings (SSSR count). The second-order valence-electron chi connectivity index (χ2n) is 4.83. The molecular weight excluding hydrogens is 287 g/mol. The highest BCUT2D eigenvalue weighted by Gasteiger charge is 2.40. The summed E-state index contributed by atoms with van der Waals surface area (Å²) in [6.45, 7) is 4.90. The number of aliphatic hydroxyl groups is 1. The van der Waals surface area contributed by atoms with Crippen LogP contribution in [-0.2, 0) is 12.7 Å². The predicted molar refractivity (Wildman–Crippen MR) is 70.8 cm³/mol. The molecule has 5 nitrogen and oxygen atoms in total. The smallest absolute Gasteiger partial charge is 0.388 e. The third kappa shape index (κ3) is 3.96. The molecule has 0 bridgehead atoms. The van der Waals surface area contributed by atoms with Gasteiger partial charge < -0.3 is 10.4 Å². The molecule has 0 aromatic carbocycles. The first-order chi connectivity index (χ1) is 9.68. The Kier molecular flexibility index (Phi) is 5.38. The molecule has 21 heavy (non-hydrogen) atoms. The number of hydrogen-bond donors (Lipinski definition) is 2. The number of halogens is 3. The van der Waals surface area contributed by atoms with E-state index in [1.54, 1.807) is 13.8 Å². The van der Waals surface area contributed by atoms with Gasteiger partial charge in [0.05, 0.1) is 17.4 Å². The minimum atomic E-state index is -4.66. The number of carbonyl (C=O) groups is 1. The molecule has 1 heterocycles. The van der Waals surface area contributed by atoms with Gasteiger partial charge in [-0.3, -0.25) is 9.48 Å². The lowest BCUT2D eigenvalue weighted by Crippen LogP contribution is -2.42. The fourth-order valence-corrected chi connectivity index (χ4v) is 1.93. The van der Waals surface area contributed by atoms with Crippen LogP contribution in [0.2, 0.25) is 0 Å². The van der Waals surface area contributed by atoms with Crippen molar-refractivity contribution in [1.82, 2.24) is 15.1 Å². The SMILES string of the molecule is CCn1ncc(C(=O)NCC(O)(CC)CC)c1C(F)(F)F. The van der Waals surface area contributed by atoms with Gasteiger partial charge in [0.1, 0.15) is 0 Å². The Hall–Kier alpha value is -1.57. The Morgan fingerprint density at radius 3 is 2.33 bits per heavy atom. The van der Waals surface area contributed by atoms with Crippen molar-refractivity contribution in [2.24, 2.45) is 0 Å². The Morgan fingerprint density at radius 1 is 1.33 bits per heavy atom. The molecule has 120 valence electrons. The van der Waals surface area contributed by atoms with E-state index in [0.29, 0.717) is 12.8 Å². The molecule has 0 fully saturated rings. The van der Waals surface area contributed by atoms with Crippen LogP contribution in [0.3, 0.4) is 0 Å². The average molecular weight is 307 g/mol. The predicted octanol–water partition coefficient (Wildman–Crippen LogP) is 2.20. The largest absolute Gasteiger partial charge is 0.433 e. The van der Waals surface area contributed by atoms with Crippen LogP contribution >= 0.6 is 0 Å². The molecular formula is C13H20F3N3O2. The second kappa shape index (κ2) is 6.46. The maximum atomic E-state index is 13.0. The normalized spacial score (nSPS) is 12.5. The zero-order chi connectivity index (χ0) is 16.3. The van der Waals surface area contributed by atoms with Crippen LogP contribution < -0.4 is 5.32 Å². The monoisotopic (exact) mass is 307 g/mol. The third-order valence-corrected chi connectivity index (χ3v) is 3.55. The van der Waals surface area contributed by atoms with Gasteiger partial charge in [0.2, 0.25) is 0 Å². The van der Waals surface area contributed by atoms with Crippen molar-refractivity contribution >= 4 is 5.91 Å². The quantitative estimate of drug-likeness (QED) is 0.846. The van der Waals surface area contributed by atoms with E-state index in [-0.39, 0.29) is 13.1 Å². The van der Waals surface area contributed by atoms with Crippen molar-refractivity contribution in [2.75, 3.05) is 6.54 Å². The number of carbonyl (C=O) groups excluding carboxylic acids is 1. The van der Waals surface area contributed by atoms with Crippen LogP contribution in [0, 0.1) is 0 Å². The summed E-state index contributed by atoms with van der Waals surface area (Å²) in [5.41, 5.74) is -2.72. The number of nitrogens with zero attached hydrogens (tertiary/aromatic N) is 2. The summed E-state index contributed by atoms with van der Waals surface area (Å²) in [6, 6.07) is 0. The van der Waals surface area contributed by atoms with E-state index in [0.717, 1.165) is 10.9 Å². The highest BCUT2D eigenvalue weighted by atomic mass is 19.4. The average Bonchev–Trinajstić information content (AvgIpc) is 2.88. The molecule has 8 heteroatoms. The maximum Gasteiger partial charge on any atom is 0.433 e. The van der Waals surface area contributed by atoms with Crippen LogP contribution in [0.4, 0.5) is 13.2 Å². The molecule has 0 saturated heterocycles. The van der Waals surface area contributed by atoms with Crippen LogP contribution in [0.15, 0.2) is 6.20 Å². The van der Waals surface area contributed by atoms with Gasteiger partial charge in [0.15, 0.2) is 5.69 Å². The van der Waals surface area contributed by atoms with Crippen molar-refractivity contribution in [2.45, 2.75) is 51.9 Å². The van der Waals surface area contributed by atoms with E-state index >= 15 is 0 Å². The molecule has 0 spiro atoms. The lowest BCUT2D eigenvalue weighted by molar-refractivity contribution is -0.144. The fourth-order valence-electron chi connectivity index (χ4n) is 1.93. The van der Waals surface area contributed by atoms with Gasteiger partial charge in [-0.1, -0.05) is 13.8 Å². The van der Waals surface area contributed by atoms with E-state index in [9.17, 15) is 23.1 Å². The van der Waals surface area contributed by atoms with Gasteiger partial charge in [-0.25, -0.2) is 0 Å². The third-order valence-electron chi connectivity index (χ3n) is 3.55. The Bertz CT molecular complexity index is 493. The highest BCUT2D eigenvalue weighted by Crippen LogP contribution is 2.32. The van der Waals surface area contributed by atoms with Crippen LogP contribution in [-0.4, -0.2) is 32.9 Å². The zero-order valence-electron chi connectivity index (χ0n) is 12.3. The fraction of sp³-hybridized carbons (Fsp3) is 0.692. The molecule has 0 aliphatic rings. The molecule has 1 amide bonds. The lowest BCUT2D eigenvalue weighted by atomic mass is 9.97. The maximum absolute atomic E-state index is 13.0.